The molecule has 0 N–H and O–H groups in total. The first-order chi connectivity index (χ1) is 9.40. The molecule has 0 heterocycles. The van der Waals surface area contributed by atoms with Gasteiger partial charge in [0, 0.05) is 19.4 Å². The van der Waals surface area contributed by atoms with Crippen LogP contribution in [0.15, 0.2) is 0 Å². The van der Waals surface area contributed by atoms with Gasteiger partial charge in [0.05, 0.1) is 0 Å². The number of rotatable bonds is 9. The van der Waals surface area contributed by atoms with Gasteiger partial charge in [0.2, 0.25) is 5.78 Å². The molecular formula is C17H32O2Si. The summed E-state index contributed by atoms with van der Waals surface area (Å²) >= 11 is 0. The van der Waals surface area contributed by atoms with Crippen LogP contribution in [0.1, 0.15) is 60.8 Å². The van der Waals surface area contributed by atoms with E-state index in [0.717, 1.165) is 19.3 Å². The second kappa shape index (κ2) is 10.2. The summed E-state index contributed by atoms with van der Waals surface area (Å²) in [4.78, 5) is 10.8. The topological polar surface area (TPSA) is 26.3 Å². The highest BCUT2D eigenvalue weighted by atomic mass is 28.4. The Kier molecular flexibility index (Phi) is 9.88. The minimum atomic E-state index is -1.52. The molecule has 2 nitrogen and oxygen atoms in total. The zero-order valence-corrected chi connectivity index (χ0v) is 15.2. The first kappa shape index (κ1) is 19.4. The molecule has 3 heteroatoms. The number of Topliss-reactive ketones (excluding diaryl/α,β-unsaturated/α-hetero) is 1. The molecule has 0 aliphatic heterocycles. The predicted molar refractivity (Wildman–Crippen MR) is 89.2 cm³/mol. The zero-order valence-electron chi connectivity index (χ0n) is 14.2. The smallest absolute Gasteiger partial charge is 0.202 e. The van der Waals surface area contributed by atoms with E-state index in [4.69, 9.17) is 4.43 Å². The summed E-state index contributed by atoms with van der Waals surface area (Å²) in [5, 5.41) is 0. The quantitative estimate of drug-likeness (QED) is 0.264. The second-order valence-corrected chi connectivity index (χ2v) is 10.6. The molecule has 0 spiro atoms. The van der Waals surface area contributed by atoms with Gasteiger partial charge in [-0.1, -0.05) is 40.5 Å². The summed E-state index contributed by atoms with van der Waals surface area (Å²) in [6, 6.07) is 3.61. The zero-order chi connectivity index (χ0) is 15.6. The highest BCUT2D eigenvalue weighted by molar-refractivity contribution is 6.73. The number of hydrogen-bond donors (Lipinski definition) is 0. The SMILES string of the molecule is CC[Si](CC)(CC)OC(CCCC#CC(C)=O)C(C)C. The second-order valence-electron chi connectivity index (χ2n) is 5.89. The molecule has 0 aliphatic carbocycles. The molecule has 0 aromatic carbocycles. The standard InChI is InChI=1S/C17H32O2Si/c1-7-20(8-2,9-3)19-17(15(4)5)14-12-10-11-13-16(6)18/h15,17H,7-10,12,14H2,1-6H3. The third kappa shape index (κ3) is 7.26. The highest BCUT2D eigenvalue weighted by Gasteiger charge is 2.32. The molecule has 1 atom stereocenters. The fraction of sp³-hybridized carbons (Fsp3) is 0.824. The van der Waals surface area contributed by atoms with Crippen molar-refractivity contribution in [1.82, 2.24) is 0 Å². The van der Waals surface area contributed by atoms with Crippen LogP contribution in [0.4, 0.5) is 0 Å². The number of carbonyl (C=O) groups is 1. The van der Waals surface area contributed by atoms with E-state index in [1.54, 1.807) is 0 Å². The maximum absolute atomic E-state index is 10.8. The van der Waals surface area contributed by atoms with Crippen molar-refractivity contribution in [2.24, 2.45) is 5.92 Å². The van der Waals surface area contributed by atoms with Crippen molar-refractivity contribution >= 4 is 14.1 Å². The van der Waals surface area contributed by atoms with E-state index in [1.165, 1.54) is 25.1 Å². The predicted octanol–water partition coefficient (Wildman–Crippen LogP) is 4.80. The first-order valence-electron chi connectivity index (χ1n) is 8.08. The molecule has 0 fully saturated rings. The van der Waals surface area contributed by atoms with Gasteiger partial charge >= 0.3 is 0 Å². The molecule has 0 amide bonds. The fourth-order valence-corrected chi connectivity index (χ4v) is 5.46. The Bertz CT molecular complexity index is 326. The van der Waals surface area contributed by atoms with E-state index in [0.29, 0.717) is 12.0 Å². The lowest BCUT2D eigenvalue weighted by atomic mass is 10.0. The van der Waals surface area contributed by atoms with Gasteiger partial charge < -0.3 is 4.43 Å². The Morgan fingerprint density at radius 3 is 2.10 bits per heavy atom. The summed E-state index contributed by atoms with van der Waals surface area (Å²) in [6.07, 6.45) is 3.22. The Labute approximate surface area is 126 Å². The Morgan fingerprint density at radius 1 is 1.15 bits per heavy atom. The van der Waals surface area contributed by atoms with Crippen LogP contribution in [0.5, 0.6) is 0 Å². The normalized spacial score (nSPS) is 12.9. The summed E-state index contributed by atoms with van der Waals surface area (Å²) in [5.74, 6) is 6.05. The largest absolute Gasteiger partial charge is 0.414 e. The summed E-state index contributed by atoms with van der Waals surface area (Å²) in [6.45, 7) is 12.8. The molecule has 0 aromatic heterocycles. The van der Waals surface area contributed by atoms with E-state index in [-0.39, 0.29) is 5.78 Å². The third-order valence-corrected chi connectivity index (χ3v) is 8.80. The van der Waals surface area contributed by atoms with Crippen molar-refractivity contribution in [2.75, 3.05) is 0 Å². The Hall–Kier alpha value is -0.593. The first-order valence-corrected chi connectivity index (χ1v) is 10.6. The van der Waals surface area contributed by atoms with Gasteiger partial charge in [0.25, 0.3) is 0 Å². The van der Waals surface area contributed by atoms with Crippen LogP contribution in [0.2, 0.25) is 18.1 Å². The van der Waals surface area contributed by atoms with E-state index in [9.17, 15) is 4.79 Å². The minimum absolute atomic E-state index is 0.0453. The van der Waals surface area contributed by atoms with Gasteiger partial charge in [-0.2, -0.15) is 0 Å². The fourth-order valence-electron chi connectivity index (χ4n) is 2.43. The van der Waals surface area contributed by atoms with Crippen molar-refractivity contribution in [3.8, 4) is 11.8 Å². The third-order valence-electron chi connectivity index (χ3n) is 4.13. The molecule has 20 heavy (non-hydrogen) atoms. The molecule has 0 bridgehead atoms. The van der Waals surface area contributed by atoms with Gasteiger partial charge in [-0.3, -0.25) is 4.79 Å². The molecule has 116 valence electrons. The van der Waals surface area contributed by atoms with E-state index < -0.39 is 8.32 Å². The molecular weight excluding hydrogens is 264 g/mol. The number of hydrogen-bond acceptors (Lipinski definition) is 2. The lowest BCUT2D eigenvalue weighted by Gasteiger charge is -2.35. The van der Waals surface area contributed by atoms with Crippen molar-refractivity contribution < 1.29 is 9.22 Å². The van der Waals surface area contributed by atoms with Gasteiger partial charge in [-0.15, -0.1) is 0 Å². The van der Waals surface area contributed by atoms with Gasteiger partial charge in [-0.25, -0.2) is 0 Å². The molecule has 1 unspecified atom stereocenters. The summed E-state index contributed by atoms with van der Waals surface area (Å²) in [5.41, 5.74) is 0. The maximum atomic E-state index is 10.8. The van der Waals surface area contributed by atoms with Crippen molar-refractivity contribution in [3.63, 3.8) is 0 Å². The Morgan fingerprint density at radius 2 is 1.70 bits per heavy atom. The lowest BCUT2D eigenvalue weighted by Crippen LogP contribution is -2.41. The summed E-state index contributed by atoms with van der Waals surface area (Å²) in [7, 11) is -1.52. The molecule has 0 rings (SSSR count). The summed E-state index contributed by atoms with van der Waals surface area (Å²) < 4.78 is 6.60. The van der Waals surface area contributed by atoms with Crippen LogP contribution >= 0.6 is 0 Å². The van der Waals surface area contributed by atoms with Crippen LogP contribution < -0.4 is 0 Å². The highest BCUT2D eigenvalue weighted by Crippen LogP contribution is 2.27. The number of carbonyl (C=O) groups excluding carboxylic acids is 1. The van der Waals surface area contributed by atoms with Crippen LogP contribution in [0, 0.1) is 17.8 Å². The van der Waals surface area contributed by atoms with Gasteiger partial charge in [0.15, 0.2) is 8.32 Å². The number of unbranched alkanes of at least 4 members (excludes halogenated alkanes) is 1. The Balaban J connectivity index is 4.44. The molecule has 0 saturated carbocycles. The minimum Gasteiger partial charge on any atom is -0.414 e. The van der Waals surface area contributed by atoms with Gasteiger partial charge in [-0.05, 0) is 42.8 Å². The molecule has 0 aromatic rings. The van der Waals surface area contributed by atoms with E-state index >= 15 is 0 Å². The lowest BCUT2D eigenvalue weighted by molar-refractivity contribution is -0.111. The average Bonchev–Trinajstić information content (AvgIpc) is 2.42. The molecule has 0 saturated heterocycles. The van der Waals surface area contributed by atoms with E-state index in [1.807, 2.05) is 0 Å². The van der Waals surface area contributed by atoms with Crippen molar-refractivity contribution in [3.05, 3.63) is 0 Å². The average molecular weight is 297 g/mol. The van der Waals surface area contributed by atoms with E-state index in [2.05, 4.69) is 46.5 Å². The monoisotopic (exact) mass is 296 g/mol. The van der Waals surface area contributed by atoms with Crippen LogP contribution in [-0.2, 0) is 9.22 Å². The molecule has 0 radical (unpaired) electrons. The number of ketones is 1. The van der Waals surface area contributed by atoms with Crippen LogP contribution in [0.25, 0.3) is 0 Å². The van der Waals surface area contributed by atoms with Crippen molar-refractivity contribution in [1.29, 1.82) is 0 Å². The van der Waals surface area contributed by atoms with Crippen LogP contribution in [0.3, 0.4) is 0 Å². The van der Waals surface area contributed by atoms with Crippen LogP contribution in [-0.4, -0.2) is 20.2 Å². The van der Waals surface area contributed by atoms with Crippen molar-refractivity contribution in [2.45, 2.75) is 85.0 Å². The maximum Gasteiger partial charge on any atom is 0.202 e. The molecule has 0 aliphatic rings. The van der Waals surface area contributed by atoms with Gasteiger partial charge in [0.1, 0.15) is 0 Å².